The summed E-state index contributed by atoms with van der Waals surface area (Å²) in [6.45, 7) is 1.60. The Bertz CT molecular complexity index is 437. The molecule has 78 valence electrons. The molecule has 15 heavy (non-hydrogen) atoms. The molecular weight excluding hydrogens is 193 g/mol. The Labute approximate surface area is 87.5 Å². The Kier molecular flexibility index (Phi) is 2.76. The number of nitrogens with zero attached hydrogens (tertiary/aromatic N) is 3. The highest BCUT2D eigenvalue weighted by Crippen LogP contribution is 2.16. The van der Waals surface area contributed by atoms with Gasteiger partial charge in [0.05, 0.1) is 18.1 Å². The molecule has 4 heteroatoms. The van der Waals surface area contributed by atoms with E-state index < -0.39 is 6.67 Å². The highest BCUT2D eigenvalue weighted by atomic mass is 19.1. The van der Waals surface area contributed by atoms with E-state index in [0.717, 1.165) is 17.7 Å². The molecule has 0 aliphatic carbocycles. The van der Waals surface area contributed by atoms with Gasteiger partial charge in [-0.15, -0.1) is 0 Å². The third kappa shape index (κ3) is 1.88. The van der Waals surface area contributed by atoms with E-state index in [1.54, 1.807) is 23.3 Å². The van der Waals surface area contributed by atoms with Crippen LogP contribution in [0.15, 0.2) is 30.6 Å². The summed E-state index contributed by atoms with van der Waals surface area (Å²) in [5, 5.41) is 8.12. The maximum atomic E-state index is 12.5. The Morgan fingerprint density at radius 3 is 2.60 bits per heavy atom. The zero-order chi connectivity index (χ0) is 10.7. The van der Waals surface area contributed by atoms with Crippen LogP contribution in [0, 0.1) is 0 Å². The molecule has 1 aromatic heterocycles. The molecule has 2 rings (SSSR count). The first-order valence-corrected chi connectivity index (χ1v) is 4.89. The number of alkyl halides is 1. The fourth-order valence-corrected chi connectivity index (χ4v) is 1.54. The lowest BCUT2D eigenvalue weighted by Gasteiger charge is -2.07. The van der Waals surface area contributed by atoms with Crippen LogP contribution < -0.4 is 0 Å². The second-order valence-corrected chi connectivity index (χ2v) is 3.27. The largest absolute Gasteiger partial charge is 0.246 e. The van der Waals surface area contributed by atoms with Gasteiger partial charge in [-0.3, -0.25) is 0 Å². The first-order chi connectivity index (χ1) is 7.35. The van der Waals surface area contributed by atoms with Crippen molar-refractivity contribution in [2.45, 2.75) is 20.0 Å². The van der Waals surface area contributed by atoms with Crippen LogP contribution in [0.25, 0.3) is 5.69 Å². The van der Waals surface area contributed by atoms with E-state index in [9.17, 15) is 4.39 Å². The van der Waals surface area contributed by atoms with Gasteiger partial charge in [0.15, 0.2) is 0 Å². The molecule has 0 atom stereocenters. The third-order valence-electron chi connectivity index (χ3n) is 2.31. The minimum atomic E-state index is -0.431. The van der Waals surface area contributed by atoms with Crippen LogP contribution in [-0.4, -0.2) is 15.0 Å². The Hall–Kier alpha value is -1.71. The van der Waals surface area contributed by atoms with Crippen LogP contribution in [0.4, 0.5) is 4.39 Å². The first-order valence-electron chi connectivity index (χ1n) is 4.89. The van der Waals surface area contributed by atoms with Gasteiger partial charge in [0.25, 0.3) is 0 Å². The van der Waals surface area contributed by atoms with Crippen molar-refractivity contribution in [1.82, 2.24) is 15.0 Å². The van der Waals surface area contributed by atoms with Crippen molar-refractivity contribution in [3.05, 3.63) is 41.7 Å². The fourth-order valence-electron chi connectivity index (χ4n) is 1.54. The van der Waals surface area contributed by atoms with Gasteiger partial charge in [0, 0.05) is 0 Å². The summed E-state index contributed by atoms with van der Waals surface area (Å²) in [5.74, 6) is 0. The standard InChI is InChI=1S/C11H12FN3/c1-2-10-7-9(8-12)3-4-11(10)15-13-5-6-14-15/h3-7H,2,8H2,1H3. The molecule has 0 saturated heterocycles. The highest BCUT2D eigenvalue weighted by molar-refractivity contribution is 5.42. The normalized spacial score (nSPS) is 10.5. The second kappa shape index (κ2) is 4.21. The average Bonchev–Trinajstić information content (AvgIpc) is 2.81. The maximum absolute atomic E-state index is 12.5. The molecule has 0 fully saturated rings. The van der Waals surface area contributed by atoms with Gasteiger partial charge in [0.2, 0.25) is 0 Å². The van der Waals surface area contributed by atoms with Gasteiger partial charge in [0.1, 0.15) is 6.67 Å². The van der Waals surface area contributed by atoms with Crippen LogP contribution in [0.5, 0.6) is 0 Å². The van der Waals surface area contributed by atoms with E-state index >= 15 is 0 Å². The number of aryl methyl sites for hydroxylation is 1. The fraction of sp³-hybridized carbons (Fsp3) is 0.273. The van der Waals surface area contributed by atoms with Crippen molar-refractivity contribution < 1.29 is 4.39 Å². The second-order valence-electron chi connectivity index (χ2n) is 3.27. The molecule has 1 heterocycles. The summed E-state index contributed by atoms with van der Waals surface area (Å²) >= 11 is 0. The molecule has 0 bridgehead atoms. The minimum absolute atomic E-state index is 0.431. The summed E-state index contributed by atoms with van der Waals surface area (Å²) in [7, 11) is 0. The predicted octanol–water partition coefficient (Wildman–Crippen LogP) is 2.30. The van der Waals surface area contributed by atoms with Crippen molar-refractivity contribution in [3.63, 3.8) is 0 Å². The number of hydrogen-bond donors (Lipinski definition) is 0. The lowest BCUT2D eigenvalue weighted by atomic mass is 10.1. The van der Waals surface area contributed by atoms with E-state index in [-0.39, 0.29) is 0 Å². The van der Waals surface area contributed by atoms with Gasteiger partial charge in [-0.1, -0.05) is 19.1 Å². The minimum Gasteiger partial charge on any atom is -0.246 e. The van der Waals surface area contributed by atoms with Gasteiger partial charge in [-0.25, -0.2) is 4.39 Å². The summed E-state index contributed by atoms with van der Waals surface area (Å²) in [4.78, 5) is 1.56. The molecular formula is C11H12FN3. The zero-order valence-corrected chi connectivity index (χ0v) is 8.52. The lowest BCUT2D eigenvalue weighted by Crippen LogP contribution is -2.03. The smallest absolute Gasteiger partial charge is 0.115 e. The Balaban J connectivity index is 2.48. The number of hydrogen-bond acceptors (Lipinski definition) is 2. The summed E-state index contributed by atoms with van der Waals surface area (Å²) in [6, 6.07) is 5.48. The zero-order valence-electron chi connectivity index (χ0n) is 8.52. The predicted molar refractivity (Wildman–Crippen MR) is 55.5 cm³/mol. The van der Waals surface area contributed by atoms with E-state index in [0.29, 0.717) is 5.56 Å². The molecule has 0 unspecified atom stereocenters. The number of rotatable bonds is 3. The molecule has 0 amide bonds. The van der Waals surface area contributed by atoms with Crippen molar-refractivity contribution in [3.8, 4) is 5.69 Å². The summed E-state index contributed by atoms with van der Waals surface area (Å²) in [5.41, 5.74) is 2.67. The highest BCUT2D eigenvalue weighted by Gasteiger charge is 2.05. The topological polar surface area (TPSA) is 30.7 Å². The Morgan fingerprint density at radius 1 is 1.27 bits per heavy atom. The summed E-state index contributed by atoms with van der Waals surface area (Å²) < 4.78 is 12.5. The van der Waals surface area contributed by atoms with E-state index in [1.807, 2.05) is 19.1 Å². The molecule has 3 nitrogen and oxygen atoms in total. The molecule has 0 aliphatic heterocycles. The van der Waals surface area contributed by atoms with Gasteiger partial charge in [-0.2, -0.15) is 15.0 Å². The monoisotopic (exact) mass is 205 g/mol. The molecule has 0 saturated carbocycles. The molecule has 0 N–H and O–H groups in total. The maximum Gasteiger partial charge on any atom is 0.115 e. The van der Waals surface area contributed by atoms with Crippen molar-refractivity contribution in [1.29, 1.82) is 0 Å². The van der Waals surface area contributed by atoms with Crippen LogP contribution in [0.2, 0.25) is 0 Å². The van der Waals surface area contributed by atoms with Crippen LogP contribution in [0.3, 0.4) is 0 Å². The van der Waals surface area contributed by atoms with Crippen LogP contribution in [0.1, 0.15) is 18.1 Å². The molecule has 0 radical (unpaired) electrons. The first kappa shape index (κ1) is 9.83. The SMILES string of the molecule is CCc1cc(CF)ccc1-n1nccn1. The van der Waals surface area contributed by atoms with Gasteiger partial charge < -0.3 is 0 Å². The van der Waals surface area contributed by atoms with Gasteiger partial charge >= 0.3 is 0 Å². The summed E-state index contributed by atoms with van der Waals surface area (Å²) in [6.07, 6.45) is 4.09. The average molecular weight is 205 g/mol. The quantitative estimate of drug-likeness (QED) is 0.769. The Morgan fingerprint density at radius 2 is 2.00 bits per heavy atom. The number of aromatic nitrogens is 3. The molecule has 0 aliphatic rings. The van der Waals surface area contributed by atoms with E-state index in [2.05, 4.69) is 10.2 Å². The lowest BCUT2D eigenvalue weighted by molar-refractivity contribution is 0.485. The van der Waals surface area contributed by atoms with Crippen LogP contribution >= 0.6 is 0 Å². The van der Waals surface area contributed by atoms with Crippen molar-refractivity contribution >= 4 is 0 Å². The van der Waals surface area contributed by atoms with E-state index in [4.69, 9.17) is 0 Å². The number of halogens is 1. The molecule has 2 aromatic rings. The number of benzene rings is 1. The van der Waals surface area contributed by atoms with Crippen molar-refractivity contribution in [2.24, 2.45) is 0 Å². The van der Waals surface area contributed by atoms with Gasteiger partial charge in [-0.05, 0) is 23.6 Å². The third-order valence-corrected chi connectivity index (χ3v) is 2.31. The van der Waals surface area contributed by atoms with Crippen LogP contribution in [-0.2, 0) is 13.1 Å². The molecule has 0 spiro atoms. The molecule has 1 aromatic carbocycles. The van der Waals surface area contributed by atoms with Crippen molar-refractivity contribution in [2.75, 3.05) is 0 Å². The van der Waals surface area contributed by atoms with E-state index in [1.165, 1.54) is 0 Å².